The predicted molar refractivity (Wildman–Crippen MR) is 37.2 cm³/mol. The molecule has 14 heavy (non-hydrogen) atoms. The minimum atomic E-state index is -5.66. The van der Waals surface area contributed by atoms with Gasteiger partial charge in [0.15, 0.2) is 5.08 Å². The summed E-state index contributed by atoms with van der Waals surface area (Å²) in [5.74, 6) is 0. The van der Waals surface area contributed by atoms with Gasteiger partial charge in [-0.05, 0) is 22.9 Å². The first-order valence-electron chi connectivity index (χ1n) is 3.19. The van der Waals surface area contributed by atoms with Crippen LogP contribution in [0.4, 0.5) is 30.7 Å². The summed E-state index contributed by atoms with van der Waals surface area (Å²) in [6.07, 6.45) is -11.3. The Morgan fingerprint density at radius 1 is 1.00 bits per heavy atom. The molecule has 0 aliphatic rings. The van der Waals surface area contributed by atoms with Gasteiger partial charge in [0.2, 0.25) is 0 Å². The Hall–Kier alpha value is -0.0500. The second-order valence-corrected chi connectivity index (χ2v) is 3.26. The number of hydrogen-bond donors (Lipinski definition) is 0. The second-order valence-electron chi connectivity index (χ2n) is 2.38. The average molecular weight is 292 g/mol. The van der Waals surface area contributed by atoms with Crippen LogP contribution < -0.4 is 0 Å². The molecule has 0 rings (SSSR count). The van der Waals surface area contributed by atoms with Gasteiger partial charge in [0.25, 0.3) is 0 Å². The van der Waals surface area contributed by atoms with Crippen molar-refractivity contribution in [2.75, 3.05) is 0 Å². The van der Waals surface area contributed by atoms with Crippen molar-refractivity contribution < 1.29 is 30.7 Å². The van der Waals surface area contributed by atoms with Gasteiger partial charge < -0.3 is 0 Å². The summed E-state index contributed by atoms with van der Waals surface area (Å²) in [5, 5.41) is -2.43. The summed E-state index contributed by atoms with van der Waals surface area (Å²) in [6.45, 7) is 0.473. The molecule has 0 bridgehead atoms. The third-order valence-corrected chi connectivity index (χ3v) is 2.08. The third-order valence-electron chi connectivity index (χ3n) is 1.32. The lowest BCUT2D eigenvalue weighted by molar-refractivity contribution is -0.384. The van der Waals surface area contributed by atoms with Gasteiger partial charge in [-0.15, -0.1) is 4.90 Å². The lowest BCUT2D eigenvalue weighted by Crippen LogP contribution is -2.54. The SMILES string of the molecule is C[C@@H]([C@@H](F)Br)N(C(F)(F)F)C(F)(F)F. The fourth-order valence-corrected chi connectivity index (χ4v) is 0.955. The van der Waals surface area contributed by atoms with Crippen LogP contribution in [0.15, 0.2) is 0 Å². The maximum absolute atomic E-state index is 12.3. The van der Waals surface area contributed by atoms with Crippen molar-refractivity contribution in [1.29, 1.82) is 0 Å². The molecule has 0 aromatic heterocycles. The van der Waals surface area contributed by atoms with Crippen LogP contribution in [-0.2, 0) is 0 Å². The first-order chi connectivity index (χ1) is 5.98. The van der Waals surface area contributed by atoms with Crippen molar-refractivity contribution in [1.82, 2.24) is 4.90 Å². The van der Waals surface area contributed by atoms with Crippen LogP contribution in [0.2, 0.25) is 0 Å². The van der Waals surface area contributed by atoms with Crippen molar-refractivity contribution in [2.45, 2.75) is 30.6 Å². The van der Waals surface area contributed by atoms with E-state index in [0.29, 0.717) is 6.92 Å². The predicted octanol–water partition coefficient (Wildman–Crippen LogP) is 3.41. The van der Waals surface area contributed by atoms with Gasteiger partial charge in [-0.2, -0.15) is 26.3 Å². The number of halogens is 8. The van der Waals surface area contributed by atoms with Crippen molar-refractivity contribution in [3.8, 4) is 0 Å². The molecule has 2 atom stereocenters. The van der Waals surface area contributed by atoms with Crippen LogP contribution in [0.5, 0.6) is 0 Å². The molecule has 0 aromatic rings. The highest BCUT2D eigenvalue weighted by molar-refractivity contribution is 9.09. The highest BCUT2D eigenvalue weighted by Crippen LogP contribution is 2.37. The zero-order chi connectivity index (χ0) is 11.7. The van der Waals surface area contributed by atoms with E-state index in [0.717, 1.165) is 0 Å². The molecule has 0 saturated carbocycles. The first-order valence-corrected chi connectivity index (χ1v) is 4.10. The minimum absolute atomic E-state index is 0.473. The Kier molecular flexibility index (Phi) is 4.20. The van der Waals surface area contributed by atoms with E-state index in [1.54, 1.807) is 0 Å². The highest BCUT2D eigenvalue weighted by atomic mass is 79.9. The molecule has 1 nitrogen and oxygen atoms in total. The molecule has 0 spiro atoms. The van der Waals surface area contributed by atoms with Crippen molar-refractivity contribution in [2.24, 2.45) is 0 Å². The third kappa shape index (κ3) is 3.60. The maximum Gasteiger partial charge on any atom is 0.467 e. The lowest BCUT2D eigenvalue weighted by atomic mass is 10.3. The van der Waals surface area contributed by atoms with Crippen molar-refractivity contribution >= 4 is 15.9 Å². The van der Waals surface area contributed by atoms with Gasteiger partial charge in [0.1, 0.15) is 0 Å². The molecule has 0 fully saturated rings. The van der Waals surface area contributed by atoms with Crippen LogP contribution >= 0.6 is 15.9 Å². The second kappa shape index (κ2) is 4.21. The quantitative estimate of drug-likeness (QED) is 0.428. The van der Waals surface area contributed by atoms with Crippen molar-refractivity contribution in [3.05, 3.63) is 0 Å². The first kappa shape index (κ1) is 13.9. The van der Waals surface area contributed by atoms with E-state index in [1.165, 1.54) is 0 Å². The lowest BCUT2D eigenvalue weighted by Gasteiger charge is -2.31. The molecule has 9 heteroatoms. The van der Waals surface area contributed by atoms with Crippen LogP contribution in [-0.4, -0.2) is 28.6 Å². The van der Waals surface area contributed by atoms with E-state index in [4.69, 9.17) is 0 Å². The van der Waals surface area contributed by atoms with Crippen LogP contribution in [0.3, 0.4) is 0 Å². The fourth-order valence-electron chi connectivity index (χ4n) is 0.718. The summed E-state index contributed by atoms with van der Waals surface area (Å²) in [7, 11) is 0. The molecule has 0 aliphatic carbocycles. The van der Waals surface area contributed by atoms with Gasteiger partial charge in [-0.25, -0.2) is 4.39 Å². The maximum atomic E-state index is 12.3. The molecule has 0 N–H and O–H groups in total. The Bertz CT molecular complexity index is 171. The Morgan fingerprint density at radius 2 is 1.29 bits per heavy atom. The zero-order valence-electron chi connectivity index (χ0n) is 6.63. The van der Waals surface area contributed by atoms with E-state index < -0.39 is 28.6 Å². The standard InChI is InChI=1S/C5H5BrF7N/c1-2(3(6)7)14(4(8,9)10)5(11,12)13/h2-3H,1H3/t2-,3+/m0/s1. The number of nitrogens with zero attached hydrogens (tertiary/aromatic N) is 1. The molecule has 0 saturated heterocycles. The molecular weight excluding hydrogens is 287 g/mol. The summed E-state index contributed by atoms with van der Waals surface area (Å²) in [4.78, 5) is -1.81. The van der Waals surface area contributed by atoms with Gasteiger partial charge in [-0.3, -0.25) is 0 Å². The van der Waals surface area contributed by atoms with E-state index >= 15 is 0 Å². The highest BCUT2D eigenvalue weighted by Gasteiger charge is 2.57. The molecule has 0 aromatic carbocycles. The van der Waals surface area contributed by atoms with Gasteiger partial charge in [0.05, 0.1) is 6.04 Å². The Labute approximate surface area is 83.0 Å². The summed E-state index contributed by atoms with van der Waals surface area (Å²) >= 11 is 2.02. The van der Waals surface area contributed by atoms with Crippen molar-refractivity contribution in [3.63, 3.8) is 0 Å². The van der Waals surface area contributed by atoms with Gasteiger partial charge in [0, 0.05) is 0 Å². The molecule has 0 amide bonds. The number of hydrogen-bond acceptors (Lipinski definition) is 1. The van der Waals surface area contributed by atoms with E-state index in [2.05, 4.69) is 0 Å². The van der Waals surface area contributed by atoms with Crippen LogP contribution in [0.1, 0.15) is 6.92 Å². The van der Waals surface area contributed by atoms with E-state index in [-0.39, 0.29) is 0 Å². The normalized spacial score (nSPS) is 18.4. The average Bonchev–Trinajstić information content (AvgIpc) is 1.79. The molecule has 0 radical (unpaired) electrons. The number of alkyl halides is 8. The summed E-state index contributed by atoms with van der Waals surface area (Å²) in [5.41, 5.74) is 0. The van der Waals surface area contributed by atoms with E-state index in [9.17, 15) is 30.7 Å². The van der Waals surface area contributed by atoms with Gasteiger partial charge in [-0.1, -0.05) is 0 Å². The molecular formula is C5H5BrF7N. The topological polar surface area (TPSA) is 3.24 Å². The minimum Gasteiger partial charge on any atom is -0.233 e. The van der Waals surface area contributed by atoms with Gasteiger partial charge >= 0.3 is 12.6 Å². The van der Waals surface area contributed by atoms with Crippen LogP contribution in [0.25, 0.3) is 0 Å². The molecule has 0 unspecified atom stereocenters. The van der Waals surface area contributed by atoms with Crippen LogP contribution in [0, 0.1) is 0 Å². The largest absolute Gasteiger partial charge is 0.467 e. The Balaban J connectivity index is 4.94. The van der Waals surface area contributed by atoms with E-state index in [1.807, 2.05) is 15.9 Å². The zero-order valence-corrected chi connectivity index (χ0v) is 8.21. The summed E-state index contributed by atoms with van der Waals surface area (Å²) < 4.78 is 83.4. The number of rotatable bonds is 2. The summed E-state index contributed by atoms with van der Waals surface area (Å²) in [6, 6.07) is -2.38. The smallest absolute Gasteiger partial charge is 0.233 e. The Morgan fingerprint density at radius 3 is 1.36 bits per heavy atom. The molecule has 0 heterocycles. The fraction of sp³-hybridized carbons (Fsp3) is 1.00. The molecule has 86 valence electrons. The molecule has 0 aliphatic heterocycles. The monoisotopic (exact) mass is 291 g/mol.